The van der Waals surface area contributed by atoms with Gasteiger partial charge in [0.1, 0.15) is 17.2 Å². The average molecular weight is 326 g/mol. The van der Waals surface area contributed by atoms with Gasteiger partial charge in [-0.1, -0.05) is 0 Å². The van der Waals surface area contributed by atoms with E-state index in [1.165, 1.54) is 0 Å². The van der Waals surface area contributed by atoms with Crippen LogP contribution in [-0.4, -0.2) is 53.2 Å². The molecule has 9 heteroatoms. The standard InChI is InChI=1S/C14H22N4O5/c1-14(2,3)23-13(22)18(7-5-15)9-10(8-16)12(21)17-6-4-11(19)20/h9H,4-7,15H2,1-3H3,(H,17,21)(H,19,20)/b10-9-. The Labute approximate surface area is 134 Å². The molecule has 2 amide bonds. The number of carboxylic acid groups (broad SMARTS) is 1. The van der Waals surface area contributed by atoms with Crippen molar-refractivity contribution in [3.63, 3.8) is 0 Å². The van der Waals surface area contributed by atoms with Crippen LogP contribution in [0, 0.1) is 11.3 Å². The van der Waals surface area contributed by atoms with E-state index in [1.807, 2.05) is 0 Å². The van der Waals surface area contributed by atoms with E-state index in [4.69, 9.17) is 20.8 Å². The summed E-state index contributed by atoms with van der Waals surface area (Å²) in [5.74, 6) is -1.86. The minimum absolute atomic E-state index is 0.0580. The van der Waals surface area contributed by atoms with E-state index in [2.05, 4.69) is 5.32 Å². The van der Waals surface area contributed by atoms with E-state index in [1.54, 1.807) is 26.8 Å². The fourth-order valence-corrected chi connectivity index (χ4v) is 1.34. The van der Waals surface area contributed by atoms with Crippen molar-refractivity contribution in [3.05, 3.63) is 11.8 Å². The van der Waals surface area contributed by atoms with Crippen molar-refractivity contribution >= 4 is 18.0 Å². The molecule has 0 aromatic carbocycles. The molecule has 0 saturated carbocycles. The zero-order valence-corrected chi connectivity index (χ0v) is 13.5. The lowest BCUT2D eigenvalue weighted by Gasteiger charge is -2.25. The van der Waals surface area contributed by atoms with E-state index in [0.29, 0.717) is 0 Å². The summed E-state index contributed by atoms with van der Waals surface area (Å²) in [6.45, 7) is 5.07. The molecule has 0 aliphatic rings. The SMILES string of the molecule is CC(C)(C)OC(=O)N(/C=C(/C#N)C(=O)NCCC(=O)O)CCN. The first kappa shape index (κ1) is 20.4. The Bertz CT molecular complexity index is 516. The van der Waals surface area contributed by atoms with Gasteiger partial charge in [0.15, 0.2) is 0 Å². The Morgan fingerprint density at radius 3 is 2.43 bits per heavy atom. The Hall–Kier alpha value is -2.60. The molecule has 4 N–H and O–H groups in total. The highest BCUT2D eigenvalue weighted by Crippen LogP contribution is 2.11. The van der Waals surface area contributed by atoms with Crippen LogP contribution < -0.4 is 11.1 Å². The molecule has 0 aromatic rings. The summed E-state index contributed by atoms with van der Waals surface area (Å²) < 4.78 is 5.16. The Balaban J connectivity index is 5.04. The molecule has 0 radical (unpaired) electrons. The van der Waals surface area contributed by atoms with Gasteiger partial charge in [-0.2, -0.15) is 5.26 Å². The number of carbonyl (C=O) groups excluding carboxylic acids is 2. The highest BCUT2D eigenvalue weighted by atomic mass is 16.6. The van der Waals surface area contributed by atoms with Crippen LogP contribution in [0.4, 0.5) is 4.79 Å². The van der Waals surface area contributed by atoms with Crippen molar-refractivity contribution in [2.24, 2.45) is 5.73 Å². The molecule has 0 aliphatic heterocycles. The number of aliphatic carboxylic acids is 1. The first-order chi connectivity index (χ1) is 10.6. The van der Waals surface area contributed by atoms with Crippen LogP contribution in [-0.2, 0) is 14.3 Å². The highest BCUT2D eigenvalue weighted by Gasteiger charge is 2.22. The average Bonchev–Trinajstić information content (AvgIpc) is 2.40. The van der Waals surface area contributed by atoms with Gasteiger partial charge in [0.25, 0.3) is 5.91 Å². The molecule has 0 atom stereocenters. The van der Waals surface area contributed by atoms with Crippen LogP contribution in [0.25, 0.3) is 0 Å². The van der Waals surface area contributed by atoms with E-state index in [9.17, 15) is 14.4 Å². The van der Waals surface area contributed by atoms with Gasteiger partial charge in [-0.3, -0.25) is 14.5 Å². The van der Waals surface area contributed by atoms with Crippen LogP contribution in [0.2, 0.25) is 0 Å². The third-order valence-corrected chi connectivity index (χ3v) is 2.27. The molecule has 0 aliphatic carbocycles. The number of nitriles is 1. The molecule has 0 saturated heterocycles. The third kappa shape index (κ3) is 9.10. The summed E-state index contributed by atoms with van der Waals surface area (Å²) in [5.41, 5.74) is 4.32. The molecule has 9 nitrogen and oxygen atoms in total. The molecule has 0 rings (SSSR count). The van der Waals surface area contributed by atoms with Crippen molar-refractivity contribution in [2.75, 3.05) is 19.6 Å². The smallest absolute Gasteiger partial charge is 0.414 e. The Morgan fingerprint density at radius 1 is 1.39 bits per heavy atom. The zero-order valence-electron chi connectivity index (χ0n) is 13.5. The fraction of sp³-hybridized carbons (Fsp3) is 0.571. The van der Waals surface area contributed by atoms with E-state index in [0.717, 1.165) is 11.1 Å². The number of amides is 2. The molecule has 128 valence electrons. The highest BCUT2D eigenvalue weighted by molar-refractivity contribution is 5.97. The lowest BCUT2D eigenvalue weighted by molar-refractivity contribution is -0.136. The van der Waals surface area contributed by atoms with Gasteiger partial charge in [0.05, 0.1) is 6.42 Å². The molecule has 0 fully saturated rings. The van der Waals surface area contributed by atoms with Crippen LogP contribution >= 0.6 is 0 Å². The second-order valence-corrected chi connectivity index (χ2v) is 5.52. The maximum atomic E-state index is 12.0. The number of ether oxygens (including phenoxy) is 1. The number of hydrogen-bond acceptors (Lipinski definition) is 6. The zero-order chi connectivity index (χ0) is 18.0. The van der Waals surface area contributed by atoms with Gasteiger partial charge in [-0.15, -0.1) is 0 Å². The molecule has 0 unspecified atom stereocenters. The van der Waals surface area contributed by atoms with Crippen molar-refractivity contribution in [3.8, 4) is 6.07 Å². The predicted molar refractivity (Wildman–Crippen MR) is 81.0 cm³/mol. The predicted octanol–water partition coefficient (Wildman–Crippen LogP) is 0.181. The van der Waals surface area contributed by atoms with Crippen molar-refractivity contribution in [1.82, 2.24) is 10.2 Å². The third-order valence-electron chi connectivity index (χ3n) is 2.27. The summed E-state index contributed by atoms with van der Waals surface area (Å²) in [4.78, 5) is 35.2. The maximum absolute atomic E-state index is 12.0. The number of carbonyl (C=O) groups is 3. The van der Waals surface area contributed by atoms with E-state index < -0.39 is 23.6 Å². The first-order valence-corrected chi connectivity index (χ1v) is 6.92. The summed E-state index contributed by atoms with van der Waals surface area (Å²) in [5, 5.41) is 19.8. The lowest BCUT2D eigenvalue weighted by atomic mass is 10.2. The van der Waals surface area contributed by atoms with Crippen molar-refractivity contribution < 1.29 is 24.2 Å². The van der Waals surface area contributed by atoms with Gasteiger partial charge < -0.3 is 20.9 Å². The molecule has 0 aromatic heterocycles. The Kier molecular flexibility index (Phi) is 8.36. The van der Waals surface area contributed by atoms with E-state index >= 15 is 0 Å². The second-order valence-electron chi connectivity index (χ2n) is 5.52. The molecule has 23 heavy (non-hydrogen) atoms. The normalized spacial score (nSPS) is 11.3. The first-order valence-electron chi connectivity index (χ1n) is 6.92. The van der Waals surface area contributed by atoms with Crippen LogP contribution in [0.1, 0.15) is 27.2 Å². The topological polar surface area (TPSA) is 146 Å². The van der Waals surface area contributed by atoms with Gasteiger partial charge in [0, 0.05) is 25.8 Å². The van der Waals surface area contributed by atoms with Crippen LogP contribution in [0.5, 0.6) is 0 Å². The molecule has 0 heterocycles. The molecular weight excluding hydrogens is 304 g/mol. The van der Waals surface area contributed by atoms with Gasteiger partial charge in [-0.25, -0.2) is 4.79 Å². The molecule has 0 bridgehead atoms. The fourth-order valence-electron chi connectivity index (χ4n) is 1.34. The summed E-state index contributed by atoms with van der Waals surface area (Å²) >= 11 is 0. The van der Waals surface area contributed by atoms with Gasteiger partial charge in [-0.05, 0) is 20.8 Å². The number of rotatable bonds is 7. The minimum Gasteiger partial charge on any atom is -0.481 e. The summed E-state index contributed by atoms with van der Waals surface area (Å²) in [7, 11) is 0. The van der Waals surface area contributed by atoms with Crippen molar-refractivity contribution in [2.45, 2.75) is 32.8 Å². The lowest BCUT2D eigenvalue weighted by Crippen LogP contribution is -2.37. The number of nitrogens with two attached hydrogens (primary N) is 1. The molecule has 0 spiro atoms. The minimum atomic E-state index is -1.08. The van der Waals surface area contributed by atoms with Crippen molar-refractivity contribution in [1.29, 1.82) is 5.26 Å². The number of hydrogen-bond donors (Lipinski definition) is 3. The number of nitrogens with one attached hydrogen (secondary N) is 1. The summed E-state index contributed by atoms with van der Waals surface area (Å²) in [6, 6.07) is 1.66. The van der Waals surface area contributed by atoms with Gasteiger partial charge >= 0.3 is 12.1 Å². The Morgan fingerprint density at radius 2 is 2.00 bits per heavy atom. The number of nitrogens with zero attached hydrogens (tertiary/aromatic N) is 2. The second kappa shape index (κ2) is 9.42. The van der Waals surface area contributed by atoms with E-state index in [-0.39, 0.29) is 31.6 Å². The monoisotopic (exact) mass is 326 g/mol. The van der Waals surface area contributed by atoms with Crippen LogP contribution in [0.3, 0.4) is 0 Å². The summed E-state index contributed by atoms with van der Waals surface area (Å²) in [6.07, 6.45) is 0.0223. The largest absolute Gasteiger partial charge is 0.481 e. The van der Waals surface area contributed by atoms with Gasteiger partial charge in [0.2, 0.25) is 0 Å². The quantitative estimate of drug-likeness (QED) is 0.447. The maximum Gasteiger partial charge on any atom is 0.414 e. The molecular formula is C14H22N4O5. The van der Waals surface area contributed by atoms with Crippen LogP contribution in [0.15, 0.2) is 11.8 Å². The number of carboxylic acids is 1.